The van der Waals surface area contributed by atoms with E-state index in [9.17, 15) is 4.79 Å². The zero-order valence-electron chi connectivity index (χ0n) is 13.1. The van der Waals surface area contributed by atoms with Gasteiger partial charge >= 0.3 is 0 Å². The Morgan fingerprint density at radius 3 is 2.57 bits per heavy atom. The van der Waals surface area contributed by atoms with Crippen LogP contribution in [0.25, 0.3) is 5.57 Å². The van der Waals surface area contributed by atoms with E-state index in [1.807, 2.05) is 0 Å². The predicted octanol–water partition coefficient (Wildman–Crippen LogP) is 1.33. The first kappa shape index (κ1) is 17.2. The molecule has 4 rings (SSSR count). The third-order valence-corrected chi connectivity index (χ3v) is 7.44. The average molecular weight is 454 g/mol. The molecule has 4 heteroatoms. The van der Waals surface area contributed by atoms with Gasteiger partial charge < -0.3 is 24.0 Å². The van der Waals surface area contributed by atoms with E-state index < -0.39 is 0 Å². The first-order valence-electron chi connectivity index (χ1n) is 7.74. The molecular weight excluding hydrogens is 435 g/mol. The van der Waals surface area contributed by atoms with Crippen LogP contribution in [0.3, 0.4) is 0 Å². The van der Waals surface area contributed by atoms with Gasteiger partial charge in [-0.15, -0.1) is 11.3 Å². The van der Waals surface area contributed by atoms with Crippen LogP contribution in [0.15, 0.2) is 41.3 Å². The van der Waals surface area contributed by atoms with Crippen molar-refractivity contribution >= 4 is 33.6 Å². The average Bonchev–Trinajstić information content (AvgIpc) is 2.96. The van der Waals surface area contributed by atoms with Crippen molar-refractivity contribution in [3.05, 3.63) is 62.9 Å². The summed E-state index contributed by atoms with van der Waals surface area (Å²) >= 11 is 1.60. The van der Waals surface area contributed by atoms with Crippen LogP contribution in [0.5, 0.6) is 0 Å². The van der Waals surface area contributed by atoms with E-state index in [4.69, 9.17) is 0 Å². The van der Waals surface area contributed by atoms with Crippen LogP contribution < -0.4 is 24.0 Å². The number of hydrogen-bond acceptors (Lipinski definition) is 2. The van der Waals surface area contributed by atoms with Crippen molar-refractivity contribution in [3.8, 4) is 0 Å². The molecule has 120 valence electrons. The Balaban J connectivity index is 0.00000156. The van der Waals surface area contributed by atoms with E-state index in [1.165, 1.54) is 46.6 Å². The summed E-state index contributed by atoms with van der Waals surface area (Å²) in [4.78, 5) is 13.6. The Bertz CT molecular complexity index is 765. The van der Waals surface area contributed by atoms with E-state index in [0.717, 1.165) is 4.88 Å². The van der Waals surface area contributed by atoms with Gasteiger partial charge in [-0.1, -0.05) is 29.8 Å². The molecule has 2 heterocycles. The Morgan fingerprint density at radius 1 is 1.04 bits per heavy atom. The molecule has 1 aliphatic carbocycles. The minimum atomic E-state index is 0. The summed E-state index contributed by atoms with van der Waals surface area (Å²) in [6.45, 7) is 0. The van der Waals surface area contributed by atoms with Crippen LogP contribution in [-0.2, 0) is 17.3 Å². The quantitative estimate of drug-likeness (QED) is 0.434. The number of carbonyl (C=O) groups is 1. The van der Waals surface area contributed by atoms with Crippen LogP contribution in [0.2, 0.25) is 0 Å². The molecule has 1 saturated heterocycles. The van der Waals surface area contributed by atoms with Crippen molar-refractivity contribution < 1.29 is 28.8 Å². The molecule has 0 atom stereocenters. The lowest BCUT2D eigenvalue weighted by molar-refractivity contribution is -0.0000124. The summed E-state index contributed by atoms with van der Waals surface area (Å²) in [7, 11) is 0.569. The molecule has 0 spiro atoms. The Labute approximate surface area is 161 Å². The fourth-order valence-corrected chi connectivity index (χ4v) is 5.73. The minimum Gasteiger partial charge on any atom is -1.00 e. The number of halogens is 1. The van der Waals surface area contributed by atoms with Gasteiger partial charge in [0.2, 0.25) is 0 Å². The summed E-state index contributed by atoms with van der Waals surface area (Å²) in [5.41, 5.74) is 6.61. The van der Waals surface area contributed by atoms with E-state index in [-0.39, 0.29) is 29.8 Å². The lowest BCUT2D eigenvalue weighted by Gasteiger charge is -2.20. The highest BCUT2D eigenvalue weighted by Crippen LogP contribution is 2.40. The highest BCUT2D eigenvalue weighted by molar-refractivity contribution is 7.96. The van der Waals surface area contributed by atoms with Crippen molar-refractivity contribution in [1.29, 1.82) is 0 Å². The largest absolute Gasteiger partial charge is 1.00 e. The van der Waals surface area contributed by atoms with Gasteiger partial charge in [-0.05, 0) is 39.0 Å². The van der Waals surface area contributed by atoms with E-state index in [1.54, 1.807) is 16.9 Å². The topological polar surface area (TPSA) is 17.1 Å². The second-order valence-electron chi connectivity index (χ2n) is 6.09. The van der Waals surface area contributed by atoms with E-state index in [0.29, 0.717) is 17.3 Å². The predicted molar refractivity (Wildman–Crippen MR) is 97.1 cm³/mol. The Kier molecular flexibility index (Phi) is 5.33. The van der Waals surface area contributed by atoms with Crippen LogP contribution >= 0.6 is 11.3 Å². The SMILES string of the molecule is C[S+]1CCC(=C2c3ccccc3CC(=O)c3sccc32)CC1.[I-]. The van der Waals surface area contributed by atoms with Crippen LogP contribution in [0, 0.1) is 0 Å². The molecule has 1 aromatic carbocycles. The summed E-state index contributed by atoms with van der Waals surface area (Å²) in [6.07, 6.45) is 5.29. The van der Waals surface area contributed by atoms with Crippen LogP contribution in [-0.4, -0.2) is 23.5 Å². The Morgan fingerprint density at radius 2 is 1.78 bits per heavy atom. The van der Waals surface area contributed by atoms with Crippen molar-refractivity contribution in [2.45, 2.75) is 19.3 Å². The molecule has 1 aliphatic heterocycles. The van der Waals surface area contributed by atoms with Crippen LogP contribution in [0.4, 0.5) is 0 Å². The fraction of sp³-hybridized carbons (Fsp3) is 0.316. The first-order chi connectivity index (χ1) is 10.7. The lowest BCUT2D eigenvalue weighted by atomic mass is 9.89. The van der Waals surface area contributed by atoms with Crippen molar-refractivity contribution in [1.82, 2.24) is 0 Å². The third kappa shape index (κ3) is 3.17. The number of hydrogen-bond donors (Lipinski definition) is 0. The number of ketones is 1. The van der Waals surface area contributed by atoms with Crippen molar-refractivity contribution in [2.75, 3.05) is 17.8 Å². The molecule has 23 heavy (non-hydrogen) atoms. The molecule has 0 radical (unpaired) electrons. The summed E-state index contributed by atoms with van der Waals surface area (Å²) in [5.74, 6) is 2.88. The van der Waals surface area contributed by atoms with Crippen molar-refractivity contribution in [2.24, 2.45) is 0 Å². The highest BCUT2D eigenvalue weighted by Gasteiger charge is 2.29. The minimum absolute atomic E-state index is 0. The summed E-state index contributed by atoms with van der Waals surface area (Å²) in [6, 6.07) is 10.6. The standard InChI is InChI=1S/C19H19OS2.HI/c1-22-10-7-13(8-11-22)18-15-5-3-2-4-14(15)12-17(20)19-16(18)6-9-21-19;/h2-6,9H,7-8,10-12H2,1H3;1H/q+1;/p-1. The number of benzene rings is 1. The fourth-order valence-electron chi connectivity index (χ4n) is 3.49. The molecule has 0 amide bonds. The van der Waals surface area contributed by atoms with E-state index >= 15 is 0 Å². The Hall–Kier alpha value is -0.590. The van der Waals surface area contributed by atoms with Crippen LogP contribution in [0.1, 0.15) is 39.2 Å². The maximum Gasteiger partial charge on any atom is 0.177 e. The zero-order chi connectivity index (χ0) is 15.1. The molecule has 1 nitrogen and oxygen atoms in total. The number of Topliss-reactive ketones (excluding diaryl/α,β-unsaturated/α-hetero) is 1. The monoisotopic (exact) mass is 454 g/mol. The smallest absolute Gasteiger partial charge is 0.177 e. The van der Waals surface area contributed by atoms with Crippen molar-refractivity contribution in [3.63, 3.8) is 0 Å². The lowest BCUT2D eigenvalue weighted by Crippen LogP contribution is -3.00. The summed E-state index contributed by atoms with van der Waals surface area (Å²) in [5, 5.41) is 2.07. The molecule has 0 N–H and O–H groups in total. The van der Waals surface area contributed by atoms with Gasteiger partial charge in [0.05, 0.1) is 11.1 Å². The third-order valence-electron chi connectivity index (χ3n) is 4.68. The molecular formula is C19H19IOS2. The second-order valence-corrected chi connectivity index (χ2v) is 9.38. The zero-order valence-corrected chi connectivity index (χ0v) is 16.9. The van der Waals surface area contributed by atoms with Gasteiger partial charge in [-0.2, -0.15) is 0 Å². The molecule has 2 aromatic rings. The molecule has 2 aliphatic rings. The number of fused-ring (bicyclic) bond motifs is 2. The molecule has 1 fully saturated rings. The number of allylic oxidation sites excluding steroid dienone is 1. The maximum absolute atomic E-state index is 12.6. The highest BCUT2D eigenvalue weighted by atomic mass is 127. The van der Waals surface area contributed by atoms with Gasteiger partial charge in [0.15, 0.2) is 5.78 Å². The normalized spacial score (nSPS) is 20.4. The van der Waals surface area contributed by atoms with Gasteiger partial charge in [-0.3, -0.25) is 4.79 Å². The van der Waals surface area contributed by atoms with Gasteiger partial charge in [0.1, 0.15) is 11.5 Å². The van der Waals surface area contributed by atoms with Gasteiger partial charge in [-0.25, -0.2) is 0 Å². The second kappa shape index (κ2) is 7.11. The number of thiophene rings is 1. The van der Waals surface area contributed by atoms with Gasteiger partial charge in [0, 0.05) is 24.8 Å². The number of rotatable bonds is 0. The first-order valence-corrected chi connectivity index (χ1v) is 10.6. The molecule has 0 saturated carbocycles. The van der Waals surface area contributed by atoms with E-state index in [2.05, 4.69) is 42.0 Å². The molecule has 0 bridgehead atoms. The van der Waals surface area contributed by atoms with Gasteiger partial charge in [0.25, 0.3) is 0 Å². The number of carbonyl (C=O) groups excluding carboxylic acids is 1. The summed E-state index contributed by atoms with van der Waals surface area (Å²) < 4.78 is 0. The maximum atomic E-state index is 12.6. The molecule has 0 unspecified atom stereocenters. The molecule has 1 aromatic heterocycles.